The van der Waals surface area contributed by atoms with Crippen molar-refractivity contribution in [2.75, 3.05) is 99.0 Å². The summed E-state index contributed by atoms with van der Waals surface area (Å²) in [7, 11) is 0. The van der Waals surface area contributed by atoms with Crippen molar-refractivity contribution < 1.29 is 33.8 Å². The van der Waals surface area contributed by atoms with Crippen LogP contribution in [0.5, 0.6) is 11.6 Å². The number of phenolic OH excluding ortho intramolecular Hbond substituents is 1. The molecule has 21 heteroatoms. The highest BCUT2D eigenvalue weighted by Gasteiger charge is 2.49. The smallest absolute Gasteiger partial charge is 0.243 e. The van der Waals surface area contributed by atoms with Gasteiger partial charge in [0.15, 0.2) is 17.4 Å². The second-order valence-corrected chi connectivity index (χ2v) is 26.2. The van der Waals surface area contributed by atoms with E-state index in [-0.39, 0.29) is 54.2 Å². The third kappa shape index (κ3) is 11.5. The van der Waals surface area contributed by atoms with Gasteiger partial charge in [0.05, 0.1) is 46.2 Å². The number of thiazole rings is 1. The van der Waals surface area contributed by atoms with E-state index in [1.165, 1.54) is 0 Å². The molecule has 0 radical (unpaired) electrons. The van der Waals surface area contributed by atoms with Crippen LogP contribution in [0.1, 0.15) is 94.7 Å². The van der Waals surface area contributed by atoms with E-state index in [4.69, 9.17) is 19.7 Å². The zero-order valence-corrected chi connectivity index (χ0v) is 49.4. The van der Waals surface area contributed by atoms with E-state index in [9.17, 15) is 19.8 Å². The molecule has 2 bridgehead atoms. The lowest BCUT2D eigenvalue weighted by molar-refractivity contribution is -0.189. The van der Waals surface area contributed by atoms with Crippen LogP contribution < -0.4 is 30.5 Å². The fourth-order valence-electron chi connectivity index (χ4n) is 14.6. The number of phenols is 1. The van der Waals surface area contributed by atoms with Crippen molar-refractivity contribution in [3.63, 3.8) is 0 Å². The van der Waals surface area contributed by atoms with Crippen molar-refractivity contribution in [2.45, 2.75) is 121 Å². The molecule has 13 rings (SSSR count). The fourth-order valence-corrected chi connectivity index (χ4v) is 15.4. The SMILES string of the molecule is Cc1ncsc1-c1ccc([C@H](C)NC(=O)[C@@H]2C[C@@H](O)CN2C(=O)[C@@H](c2cc(N3CCC(CN4CC5(CN(CC6CC(Oc7cc(N8C9CC[C@@H]8CN(c8cc(-c%10ccccc%10O)nnc8N)C9)ccn7)C6)CCO5)C4)CC3)no2)C(C)C)cc1. The molecule has 7 fully saturated rings. The number of morpholine rings is 1. The number of carbonyl (C=O) groups excluding carboxylic acids is 2. The number of para-hydroxylation sites is 1. The molecule has 5 N–H and O–H groups in total. The van der Waals surface area contributed by atoms with Gasteiger partial charge in [0.1, 0.15) is 29.4 Å². The van der Waals surface area contributed by atoms with Gasteiger partial charge in [-0.1, -0.05) is 55.4 Å². The number of aromatic nitrogens is 5. The molecule has 6 aliphatic heterocycles. The van der Waals surface area contributed by atoms with Crippen molar-refractivity contribution in [3.05, 3.63) is 102 Å². The summed E-state index contributed by atoms with van der Waals surface area (Å²) in [4.78, 5) is 52.3. The number of likely N-dealkylation sites (tertiary alicyclic amines) is 2. The number of piperazine rings is 1. The Kier molecular flexibility index (Phi) is 15.7. The fraction of sp³-hybridized carbons (Fsp3) is 0.540. The van der Waals surface area contributed by atoms with Crippen LogP contribution in [-0.2, 0) is 14.3 Å². The summed E-state index contributed by atoms with van der Waals surface area (Å²) in [5.41, 5.74) is 14.4. The number of fused-ring (bicyclic) bond motifs is 2. The van der Waals surface area contributed by atoms with Gasteiger partial charge < -0.3 is 54.9 Å². The van der Waals surface area contributed by atoms with E-state index in [0.717, 1.165) is 149 Å². The number of carbonyl (C=O) groups is 2. The predicted molar refractivity (Wildman–Crippen MR) is 322 cm³/mol. The molecule has 84 heavy (non-hydrogen) atoms. The number of nitrogens with two attached hydrogens (primary N) is 1. The van der Waals surface area contributed by atoms with Gasteiger partial charge in [-0.05, 0) is 106 Å². The first-order chi connectivity index (χ1) is 40.7. The van der Waals surface area contributed by atoms with E-state index < -0.39 is 18.1 Å². The number of nitrogens with zero attached hydrogens (tertiary/aromatic N) is 11. The Morgan fingerprint density at radius 1 is 0.857 bits per heavy atom. The minimum absolute atomic E-state index is 0.0839. The Morgan fingerprint density at radius 2 is 1.61 bits per heavy atom. The number of ether oxygens (including phenoxy) is 2. The normalized spacial score (nSPS) is 25.2. The Hall–Kier alpha value is -6.91. The minimum Gasteiger partial charge on any atom is -0.507 e. The Bertz CT molecular complexity index is 3290. The quantitative estimate of drug-likeness (QED) is 0.0711. The number of hydrogen-bond donors (Lipinski definition) is 4. The molecule has 1 spiro atoms. The number of amides is 2. The molecule has 1 unspecified atom stereocenters. The van der Waals surface area contributed by atoms with Crippen LogP contribution in [0, 0.1) is 24.7 Å². The maximum absolute atomic E-state index is 14.4. The second-order valence-electron chi connectivity index (χ2n) is 25.3. The predicted octanol–water partition coefficient (Wildman–Crippen LogP) is 7.14. The maximum Gasteiger partial charge on any atom is 0.243 e. The largest absolute Gasteiger partial charge is 0.507 e. The van der Waals surface area contributed by atoms with E-state index in [1.54, 1.807) is 28.4 Å². The van der Waals surface area contributed by atoms with E-state index in [1.807, 2.05) is 87.9 Å². The molecule has 1 saturated carbocycles. The van der Waals surface area contributed by atoms with Crippen molar-refractivity contribution in [1.29, 1.82) is 0 Å². The van der Waals surface area contributed by atoms with Crippen LogP contribution in [0.25, 0.3) is 21.7 Å². The van der Waals surface area contributed by atoms with Gasteiger partial charge in [-0.2, -0.15) is 0 Å². The summed E-state index contributed by atoms with van der Waals surface area (Å²) < 4.78 is 19.0. The number of aliphatic hydroxyl groups is 1. The summed E-state index contributed by atoms with van der Waals surface area (Å²) in [5.74, 6) is 2.33. The molecular formula is C63H79N13O7S. The number of rotatable bonds is 17. The lowest BCUT2D eigenvalue weighted by Gasteiger charge is -2.55. The number of pyridine rings is 1. The number of nitrogens with one attached hydrogen (secondary N) is 1. The van der Waals surface area contributed by atoms with Crippen LogP contribution in [0.3, 0.4) is 0 Å². The highest BCUT2D eigenvalue weighted by molar-refractivity contribution is 7.13. The number of anilines is 4. The van der Waals surface area contributed by atoms with Crippen LogP contribution in [0.15, 0.2) is 89.0 Å². The Balaban J connectivity index is 0.540. The molecule has 7 aliphatic rings. The van der Waals surface area contributed by atoms with Gasteiger partial charge >= 0.3 is 0 Å². The number of aliphatic hydroxyl groups excluding tert-OH is 1. The second kappa shape index (κ2) is 23.5. The summed E-state index contributed by atoms with van der Waals surface area (Å²) in [6.07, 6.45) is 7.71. The monoisotopic (exact) mass is 1160 g/mol. The number of aromatic hydroxyl groups is 1. The Morgan fingerprint density at radius 3 is 2.35 bits per heavy atom. The number of β-amino-alcohol motifs (C(OH)–C–C–N with tert-alkyl or cyclic N) is 1. The summed E-state index contributed by atoms with van der Waals surface area (Å²) >= 11 is 1.60. The average Bonchev–Trinajstić information content (AvgIpc) is 2.34. The van der Waals surface area contributed by atoms with Crippen molar-refractivity contribution in [3.8, 4) is 33.3 Å². The van der Waals surface area contributed by atoms with Crippen molar-refractivity contribution >= 4 is 46.2 Å². The summed E-state index contributed by atoms with van der Waals surface area (Å²) in [5, 5.41) is 37.5. The summed E-state index contributed by atoms with van der Waals surface area (Å²) in [6.45, 7) is 18.0. The van der Waals surface area contributed by atoms with Gasteiger partial charge in [0.2, 0.25) is 17.7 Å². The van der Waals surface area contributed by atoms with Crippen molar-refractivity contribution in [2.24, 2.45) is 17.8 Å². The van der Waals surface area contributed by atoms with Gasteiger partial charge in [-0.15, -0.1) is 21.5 Å². The number of benzene rings is 2. The molecule has 6 saturated heterocycles. The molecular weight excluding hydrogens is 1080 g/mol. The highest BCUT2D eigenvalue weighted by Crippen LogP contribution is 2.42. The van der Waals surface area contributed by atoms with Crippen LogP contribution in [-0.4, -0.2) is 177 Å². The number of hydrogen-bond acceptors (Lipinski definition) is 19. The maximum atomic E-state index is 14.4. The minimum atomic E-state index is -0.804. The molecule has 6 aromatic rings. The van der Waals surface area contributed by atoms with Crippen LogP contribution in [0.2, 0.25) is 0 Å². The first kappa shape index (κ1) is 56.2. The molecule has 1 aliphatic carbocycles. The first-order valence-electron chi connectivity index (χ1n) is 30.4. The topological polar surface area (TPSA) is 228 Å². The molecule has 4 aromatic heterocycles. The molecule has 10 heterocycles. The van der Waals surface area contributed by atoms with Gasteiger partial charge in [0, 0.05) is 120 Å². The van der Waals surface area contributed by atoms with Crippen LogP contribution >= 0.6 is 11.3 Å². The Labute approximate surface area is 495 Å². The third-order valence-corrected chi connectivity index (χ3v) is 20.0. The zero-order valence-electron chi connectivity index (χ0n) is 48.6. The van der Waals surface area contributed by atoms with Gasteiger partial charge in [-0.25, -0.2) is 9.97 Å². The molecule has 6 atom stereocenters. The number of aryl methyl sites for hydroxylation is 1. The van der Waals surface area contributed by atoms with Crippen molar-refractivity contribution in [1.82, 2.24) is 45.3 Å². The zero-order chi connectivity index (χ0) is 57.8. The molecule has 2 aromatic carbocycles. The molecule has 20 nitrogen and oxygen atoms in total. The summed E-state index contributed by atoms with van der Waals surface area (Å²) in [6, 6.07) is 22.9. The number of nitrogen functional groups attached to an aromatic ring is 1. The third-order valence-electron chi connectivity index (χ3n) is 19.0. The van der Waals surface area contributed by atoms with E-state index in [2.05, 4.69) is 67.3 Å². The van der Waals surface area contributed by atoms with E-state index >= 15 is 0 Å². The van der Waals surface area contributed by atoms with E-state index in [0.29, 0.717) is 52.6 Å². The lowest BCUT2D eigenvalue weighted by Crippen LogP contribution is -2.70. The molecule has 444 valence electrons. The highest BCUT2D eigenvalue weighted by atomic mass is 32.1. The standard InChI is InChI=1S/C63H79N13O7S/c1-38(2)58(62(80)75-33-48(77)26-53(75)61(79)67-39(3)43-9-11-44(12-10-43)59-40(4)66-37-84-59)55-28-56(70-83-55)73-19-16-41(17-20-73)29-72-35-63(36-72)34-71(21-22-81-63)30-42-23-49(24-42)82-57-25-45(15-18-65-57)76-46-13-14-47(76)32-74(31-46)52-27-51(68-69-60(52)64)50-7-5-6-8-54(50)78/h5-12,15,18,25,27-28,37-39,41-42,46-49,53,58,77-78H,13-14,16-17,19-24,26,29-36H2,1-4H3,(H2,64,69)(H,67,79)/t39-,42?,46+,47?,48+,49?,53-,58+/m0/s1. The van der Waals surface area contributed by atoms with Crippen LogP contribution in [0.4, 0.5) is 23.0 Å². The molecule has 2 amide bonds. The van der Waals surface area contributed by atoms with Gasteiger partial charge in [-0.3, -0.25) is 19.4 Å². The lowest BCUT2D eigenvalue weighted by atomic mass is 9.81. The average molecular weight is 1160 g/mol. The first-order valence-corrected chi connectivity index (χ1v) is 31.2. The number of piperidine rings is 1. The van der Waals surface area contributed by atoms with Gasteiger partial charge in [0.25, 0.3) is 0 Å².